The lowest BCUT2D eigenvalue weighted by atomic mass is 10.0. The summed E-state index contributed by atoms with van der Waals surface area (Å²) < 4.78 is 30.6. The fourth-order valence-corrected chi connectivity index (χ4v) is 1.89. The predicted octanol–water partition coefficient (Wildman–Crippen LogP) is 2.79. The van der Waals surface area contributed by atoms with Gasteiger partial charge in [-0.25, -0.2) is 8.78 Å². The molecule has 0 saturated heterocycles. The summed E-state index contributed by atoms with van der Waals surface area (Å²) in [6, 6.07) is 8.13. The van der Waals surface area contributed by atoms with Crippen LogP contribution in [0.4, 0.5) is 8.78 Å². The van der Waals surface area contributed by atoms with Crippen molar-refractivity contribution in [2.75, 3.05) is 0 Å². The maximum Gasteiger partial charge on any atom is 0.391 e. The molecule has 0 spiro atoms. The number of hydrogen-bond acceptors (Lipinski definition) is 4. The van der Waals surface area contributed by atoms with Gasteiger partial charge in [-0.1, -0.05) is 0 Å². The third-order valence-electron chi connectivity index (χ3n) is 2.48. The van der Waals surface area contributed by atoms with Crippen LogP contribution >= 0.6 is 8.60 Å². The van der Waals surface area contributed by atoms with Crippen LogP contribution in [0.15, 0.2) is 42.5 Å². The van der Waals surface area contributed by atoms with E-state index in [-0.39, 0.29) is 11.1 Å². The monoisotopic (exact) mass is 298 g/mol. The maximum absolute atomic E-state index is 13.4. The summed E-state index contributed by atoms with van der Waals surface area (Å²) >= 11 is 0. The van der Waals surface area contributed by atoms with Crippen molar-refractivity contribution >= 4 is 14.4 Å². The van der Waals surface area contributed by atoms with Crippen LogP contribution in [0.5, 0.6) is 5.75 Å². The Kier molecular flexibility index (Phi) is 4.39. The molecule has 2 aromatic rings. The van der Waals surface area contributed by atoms with E-state index in [1.807, 2.05) is 0 Å². The lowest BCUT2D eigenvalue weighted by Gasteiger charge is -2.08. The molecule has 0 saturated carbocycles. The van der Waals surface area contributed by atoms with Gasteiger partial charge in [-0.15, -0.1) is 0 Å². The molecule has 104 valence electrons. The lowest BCUT2D eigenvalue weighted by molar-refractivity contribution is 0.103. The summed E-state index contributed by atoms with van der Waals surface area (Å²) in [7, 11) is -2.78. The van der Waals surface area contributed by atoms with Crippen molar-refractivity contribution in [1.82, 2.24) is 0 Å². The van der Waals surface area contributed by atoms with Crippen LogP contribution in [0.25, 0.3) is 0 Å². The van der Waals surface area contributed by atoms with Gasteiger partial charge in [-0.05, 0) is 42.5 Å². The molecule has 4 nitrogen and oxygen atoms in total. The third kappa shape index (κ3) is 3.36. The Morgan fingerprint density at radius 3 is 2.20 bits per heavy atom. The molecule has 0 heterocycles. The summed E-state index contributed by atoms with van der Waals surface area (Å²) in [5.74, 6) is -2.20. The molecule has 0 atom stereocenters. The van der Waals surface area contributed by atoms with E-state index < -0.39 is 31.8 Å². The number of carbonyl (C=O) groups is 1. The van der Waals surface area contributed by atoms with Crippen LogP contribution in [0.3, 0.4) is 0 Å². The second-order valence-electron chi connectivity index (χ2n) is 3.83. The second kappa shape index (κ2) is 6.05. The van der Waals surface area contributed by atoms with Crippen LogP contribution in [0, 0.1) is 11.6 Å². The van der Waals surface area contributed by atoms with E-state index in [9.17, 15) is 13.6 Å². The summed E-state index contributed by atoms with van der Waals surface area (Å²) in [5, 5.41) is 0. The SMILES string of the molecule is O=C(c1ccc(F)cc1)c1ccc(F)c(OP(O)O)c1. The van der Waals surface area contributed by atoms with Gasteiger partial charge in [0.25, 0.3) is 0 Å². The molecule has 0 unspecified atom stereocenters. The summed E-state index contributed by atoms with van der Waals surface area (Å²) in [5.41, 5.74) is 0.309. The van der Waals surface area contributed by atoms with Gasteiger partial charge in [0.2, 0.25) is 0 Å². The quantitative estimate of drug-likeness (QED) is 0.673. The normalized spacial score (nSPS) is 10.7. The molecular weight excluding hydrogens is 289 g/mol. The molecule has 0 amide bonds. The number of halogens is 2. The predicted molar refractivity (Wildman–Crippen MR) is 68.2 cm³/mol. The Bertz CT molecular complexity index is 629. The fraction of sp³-hybridized carbons (Fsp3) is 0. The number of benzene rings is 2. The first kappa shape index (κ1) is 14.5. The molecule has 7 heteroatoms. The number of hydrogen-bond donors (Lipinski definition) is 2. The van der Waals surface area contributed by atoms with E-state index in [2.05, 4.69) is 4.52 Å². The Morgan fingerprint density at radius 1 is 1.00 bits per heavy atom. The standard InChI is InChI=1S/C13H9F2O4P/c14-10-4-1-8(2-5-10)13(16)9-3-6-11(15)12(7-9)19-20(17)18/h1-7,17-18H. The van der Waals surface area contributed by atoms with Crippen LogP contribution < -0.4 is 4.52 Å². The highest BCUT2D eigenvalue weighted by molar-refractivity contribution is 7.39. The minimum atomic E-state index is -2.78. The van der Waals surface area contributed by atoms with E-state index in [0.29, 0.717) is 0 Å². The highest BCUT2D eigenvalue weighted by atomic mass is 31.2. The molecule has 0 aromatic heterocycles. The molecule has 0 fully saturated rings. The average molecular weight is 298 g/mol. The molecule has 0 radical (unpaired) electrons. The molecule has 2 N–H and O–H groups in total. The van der Waals surface area contributed by atoms with E-state index in [0.717, 1.165) is 24.3 Å². The zero-order valence-electron chi connectivity index (χ0n) is 9.96. The number of rotatable bonds is 4. The van der Waals surface area contributed by atoms with Gasteiger partial charge >= 0.3 is 8.60 Å². The third-order valence-corrected chi connectivity index (χ3v) is 2.84. The fourth-order valence-electron chi connectivity index (χ4n) is 1.57. The van der Waals surface area contributed by atoms with Crippen LogP contribution in [-0.4, -0.2) is 15.6 Å². The first-order chi connectivity index (χ1) is 9.47. The van der Waals surface area contributed by atoms with Gasteiger partial charge in [0.15, 0.2) is 17.3 Å². The first-order valence-corrected chi connectivity index (χ1v) is 6.59. The zero-order chi connectivity index (χ0) is 14.7. The van der Waals surface area contributed by atoms with Crippen molar-refractivity contribution in [2.24, 2.45) is 0 Å². The van der Waals surface area contributed by atoms with Crippen molar-refractivity contribution in [2.45, 2.75) is 0 Å². The van der Waals surface area contributed by atoms with Gasteiger partial charge in [0, 0.05) is 11.1 Å². The molecule has 0 aliphatic carbocycles. The van der Waals surface area contributed by atoms with E-state index in [1.54, 1.807) is 0 Å². The Morgan fingerprint density at radius 2 is 1.60 bits per heavy atom. The summed E-state index contributed by atoms with van der Waals surface area (Å²) in [4.78, 5) is 29.5. The smallest absolute Gasteiger partial charge is 0.391 e. The molecular formula is C13H9F2O4P. The Hall–Kier alpha value is -1.88. The summed E-state index contributed by atoms with van der Waals surface area (Å²) in [6.07, 6.45) is 0. The van der Waals surface area contributed by atoms with E-state index in [4.69, 9.17) is 9.79 Å². The summed E-state index contributed by atoms with van der Waals surface area (Å²) in [6.45, 7) is 0. The van der Waals surface area contributed by atoms with Gasteiger partial charge in [-0.2, -0.15) is 0 Å². The molecule has 0 aliphatic heterocycles. The van der Waals surface area contributed by atoms with Crippen molar-refractivity contribution in [1.29, 1.82) is 0 Å². The molecule has 2 aromatic carbocycles. The zero-order valence-corrected chi connectivity index (χ0v) is 10.8. The molecule has 0 aliphatic rings. The van der Waals surface area contributed by atoms with Gasteiger partial charge < -0.3 is 14.3 Å². The minimum Gasteiger partial charge on any atom is -0.424 e. The van der Waals surface area contributed by atoms with Crippen molar-refractivity contribution < 1.29 is 27.9 Å². The molecule has 2 rings (SSSR count). The van der Waals surface area contributed by atoms with Crippen LogP contribution in [0.1, 0.15) is 15.9 Å². The van der Waals surface area contributed by atoms with E-state index >= 15 is 0 Å². The Labute approximate surface area is 114 Å². The number of ketones is 1. The first-order valence-electron chi connectivity index (χ1n) is 5.43. The van der Waals surface area contributed by atoms with E-state index in [1.165, 1.54) is 18.2 Å². The topological polar surface area (TPSA) is 66.8 Å². The average Bonchev–Trinajstić information content (AvgIpc) is 2.41. The second-order valence-corrected chi connectivity index (χ2v) is 4.51. The largest absolute Gasteiger partial charge is 0.424 e. The van der Waals surface area contributed by atoms with Crippen LogP contribution in [0.2, 0.25) is 0 Å². The molecule has 20 heavy (non-hydrogen) atoms. The Balaban J connectivity index is 2.32. The highest BCUT2D eigenvalue weighted by Gasteiger charge is 2.15. The number of carbonyl (C=O) groups excluding carboxylic acids is 1. The van der Waals surface area contributed by atoms with Crippen molar-refractivity contribution in [3.8, 4) is 5.75 Å². The van der Waals surface area contributed by atoms with Gasteiger partial charge in [-0.3, -0.25) is 4.79 Å². The minimum absolute atomic E-state index is 0.0878. The maximum atomic E-state index is 13.4. The molecule has 0 bridgehead atoms. The van der Waals surface area contributed by atoms with Gasteiger partial charge in [0.1, 0.15) is 5.82 Å². The van der Waals surface area contributed by atoms with Crippen molar-refractivity contribution in [3.05, 3.63) is 65.2 Å². The lowest BCUT2D eigenvalue weighted by Crippen LogP contribution is -2.02. The highest BCUT2D eigenvalue weighted by Crippen LogP contribution is 2.31. The van der Waals surface area contributed by atoms with Gasteiger partial charge in [0.05, 0.1) is 0 Å². The van der Waals surface area contributed by atoms with Crippen LogP contribution in [-0.2, 0) is 0 Å². The van der Waals surface area contributed by atoms with Crippen molar-refractivity contribution in [3.63, 3.8) is 0 Å².